The molecule has 2 aromatic heterocycles. The van der Waals surface area contributed by atoms with E-state index in [0.717, 1.165) is 18.7 Å². The van der Waals surface area contributed by atoms with Gasteiger partial charge in [0.2, 0.25) is 11.7 Å². The number of hydrogen-bond donors (Lipinski definition) is 1. The molecule has 21 heavy (non-hydrogen) atoms. The van der Waals surface area contributed by atoms with Gasteiger partial charge in [0.05, 0.1) is 12.5 Å². The second kappa shape index (κ2) is 6.01. The van der Waals surface area contributed by atoms with Crippen molar-refractivity contribution < 1.29 is 14.4 Å². The second-order valence-corrected chi connectivity index (χ2v) is 5.14. The highest BCUT2D eigenvalue weighted by molar-refractivity contribution is 5.70. The van der Waals surface area contributed by atoms with Crippen molar-refractivity contribution in [2.45, 2.75) is 19.4 Å². The number of carboxylic acids is 1. The summed E-state index contributed by atoms with van der Waals surface area (Å²) < 4.78 is 5.25. The summed E-state index contributed by atoms with van der Waals surface area (Å²) in [6.07, 6.45) is 4.71. The van der Waals surface area contributed by atoms with Crippen LogP contribution in [-0.2, 0) is 11.3 Å². The molecule has 1 fully saturated rings. The van der Waals surface area contributed by atoms with Crippen molar-refractivity contribution >= 4 is 5.97 Å². The van der Waals surface area contributed by atoms with Gasteiger partial charge in [0.1, 0.15) is 0 Å². The first-order valence-corrected chi connectivity index (χ1v) is 6.90. The summed E-state index contributed by atoms with van der Waals surface area (Å²) in [6, 6.07) is 3.70. The molecule has 0 spiro atoms. The van der Waals surface area contributed by atoms with E-state index in [4.69, 9.17) is 9.63 Å². The lowest BCUT2D eigenvalue weighted by atomic mass is 9.97. The van der Waals surface area contributed by atoms with Crippen LogP contribution in [0.15, 0.2) is 29.0 Å². The van der Waals surface area contributed by atoms with Gasteiger partial charge in [-0.15, -0.1) is 0 Å². The molecule has 110 valence electrons. The Balaban J connectivity index is 1.60. The molecule has 0 radical (unpaired) electrons. The van der Waals surface area contributed by atoms with Crippen molar-refractivity contribution in [1.29, 1.82) is 0 Å². The molecule has 7 heteroatoms. The first-order chi connectivity index (χ1) is 10.2. The molecule has 1 aliphatic heterocycles. The molecule has 7 nitrogen and oxygen atoms in total. The lowest BCUT2D eigenvalue weighted by molar-refractivity contribution is -0.143. The standard InChI is InChI=1S/C14H16N4O3/c19-14(20)10-3-6-18(7-4-10)9-12-16-13(17-21-12)11-2-1-5-15-8-11/h1-2,5,8,10H,3-4,6-7,9H2,(H,19,20). The first-order valence-electron chi connectivity index (χ1n) is 6.90. The van der Waals surface area contributed by atoms with Crippen molar-refractivity contribution in [3.05, 3.63) is 30.4 Å². The van der Waals surface area contributed by atoms with Crippen molar-refractivity contribution in [2.75, 3.05) is 13.1 Å². The molecule has 0 aliphatic carbocycles. The van der Waals surface area contributed by atoms with Gasteiger partial charge < -0.3 is 9.63 Å². The molecule has 0 atom stereocenters. The van der Waals surface area contributed by atoms with E-state index in [-0.39, 0.29) is 5.92 Å². The van der Waals surface area contributed by atoms with Crippen LogP contribution in [0.3, 0.4) is 0 Å². The van der Waals surface area contributed by atoms with Crippen LogP contribution < -0.4 is 0 Å². The lowest BCUT2D eigenvalue weighted by Gasteiger charge is -2.28. The van der Waals surface area contributed by atoms with Gasteiger partial charge in [0.25, 0.3) is 0 Å². The summed E-state index contributed by atoms with van der Waals surface area (Å²) in [5, 5.41) is 12.9. The van der Waals surface area contributed by atoms with Crippen LogP contribution in [0.4, 0.5) is 0 Å². The summed E-state index contributed by atoms with van der Waals surface area (Å²) in [7, 11) is 0. The number of piperidine rings is 1. The molecule has 3 rings (SSSR count). The maximum absolute atomic E-state index is 10.9. The van der Waals surface area contributed by atoms with Crippen molar-refractivity contribution in [2.24, 2.45) is 5.92 Å². The predicted molar refractivity (Wildman–Crippen MR) is 73.2 cm³/mol. The normalized spacial score (nSPS) is 17.0. The van der Waals surface area contributed by atoms with Gasteiger partial charge in [0.15, 0.2) is 0 Å². The fourth-order valence-corrected chi connectivity index (χ4v) is 2.46. The maximum atomic E-state index is 10.9. The fraction of sp³-hybridized carbons (Fsp3) is 0.429. The SMILES string of the molecule is O=C(O)C1CCN(Cc2nc(-c3cccnc3)no2)CC1. The van der Waals surface area contributed by atoms with E-state index < -0.39 is 5.97 Å². The summed E-state index contributed by atoms with van der Waals surface area (Å²) in [6.45, 7) is 2.03. The molecule has 0 aromatic carbocycles. The average Bonchev–Trinajstić information content (AvgIpc) is 2.97. The number of hydrogen-bond acceptors (Lipinski definition) is 6. The minimum atomic E-state index is -0.702. The van der Waals surface area contributed by atoms with Crippen LogP contribution in [0.2, 0.25) is 0 Å². The van der Waals surface area contributed by atoms with Crippen molar-refractivity contribution in [1.82, 2.24) is 20.0 Å². The highest BCUT2D eigenvalue weighted by atomic mass is 16.5. The zero-order valence-corrected chi connectivity index (χ0v) is 11.5. The minimum absolute atomic E-state index is 0.227. The maximum Gasteiger partial charge on any atom is 0.306 e. The molecule has 0 bridgehead atoms. The predicted octanol–water partition coefficient (Wildman–Crippen LogP) is 1.43. The summed E-state index contributed by atoms with van der Waals surface area (Å²) in [5.41, 5.74) is 0.817. The highest BCUT2D eigenvalue weighted by Crippen LogP contribution is 2.20. The molecule has 3 heterocycles. The molecule has 0 amide bonds. The van der Waals surface area contributed by atoms with E-state index in [1.165, 1.54) is 0 Å². The van der Waals surface area contributed by atoms with Crippen LogP contribution in [-0.4, -0.2) is 44.2 Å². The van der Waals surface area contributed by atoms with E-state index in [1.54, 1.807) is 12.4 Å². The number of carbonyl (C=O) groups is 1. The van der Waals surface area contributed by atoms with Gasteiger partial charge in [0, 0.05) is 18.0 Å². The summed E-state index contributed by atoms with van der Waals surface area (Å²) in [5.74, 6) is 0.141. The van der Waals surface area contributed by atoms with Gasteiger partial charge in [-0.2, -0.15) is 4.98 Å². The molecule has 1 aliphatic rings. The van der Waals surface area contributed by atoms with E-state index in [9.17, 15) is 4.79 Å². The number of likely N-dealkylation sites (tertiary alicyclic amines) is 1. The van der Waals surface area contributed by atoms with E-state index >= 15 is 0 Å². The number of aliphatic carboxylic acids is 1. The highest BCUT2D eigenvalue weighted by Gasteiger charge is 2.25. The molecule has 0 unspecified atom stereocenters. The Morgan fingerprint density at radius 1 is 1.43 bits per heavy atom. The lowest BCUT2D eigenvalue weighted by Crippen LogP contribution is -2.35. The fourth-order valence-electron chi connectivity index (χ4n) is 2.46. The summed E-state index contributed by atoms with van der Waals surface area (Å²) in [4.78, 5) is 21.4. The van der Waals surface area contributed by atoms with Gasteiger partial charge in [-0.05, 0) is 38.1 Å². The number of pyridine rings is 1. The van der Waals surface area contributed by atoms with Crippen LogP contribution in [0.1, 0.15) is 18.7 Å². The third-order valence-corrected chi connectivity index (χ3v) is 3.68. The Labute approximate surface area is 121 Å². The molecule has 1 N–H and O–H groups in total. The largest absolute Gasteiger partial charge is 0.481 e. The number of carboxylic acid groups (broad SMARTS) is 1. The number of nitrogens with zero attached hydrogens (tertiary/aromatic N) is 4. The van der Waals surface area contributed by atoms with Gasteiger partial charge in [-0.25, -0.2) is 0 Å². The van der Waals surface area contributed by atoms with Gasteiger partial charge >= 0.3 is 5.97 Å². The third-order valence-electron chi connectivity index (χ3n) is 3.68. The molecule has 2 aromatic rings. The Morgan fingerprint density at radius 3 is 2.90 bits per heavy atom. The minimum Gasteiger partial charge on any atom is -0.481 e. The van der Waals surface area contributed by atoms with Crippen LogP contribution in [0.25, 0.3) is 11.4 Å². The molecular weight excluding hydrogens is 272 g/mol. The molecular formula is C14H16N4O3. The zero-order chi connectivity index (χ0) is 14.7. The zero-order valence-electron chi connectivity index (χ0n) is 11.5. The van der Waals surface area contributed by atoms with Crippen LogP contribution in [0, 0.1) is 5.92 Å². The van der Waals surface area contributed by atoms with Crippen LogP contribution >= 0.6 is 0 Å². The Bertz CT molecular complexity index is 606. The quantitative estimate of drug-likeness (QED) is 0.909. The average molecular weight is 288 g/mol. The van der Waals surface area contributed by atoms with Gasteiger partial charge in [-0.1, -0.05) is 5.16 Å². The number of rotatable bonds is 4. The van der Waals surface area contributed by atoms with E-state index in [2.05, 4.69) is 20.0 Å². The monoisotopic (exact) mass is 288 g/mol. The van der Waals surface area contributed by atoms with Gasteiger partial charge in [-0.3, -0.25) is 14.7 Å². The third kappa shape index (κ3) is 3.25. The second-order valence-electron chi connectivity index (χ2n) is 5.14. The molecule has 1 saturated heterocycles. The first kappa shape index (κ1) is 13.7. The van der Waals surface area contributed by atoms with E-state index in [1.807, 2.05) is 12.1 Å². The Hall–Kier alpha value is -2.28. The smallest absolute Gasteiger partial charge is 0.306 e. The Morgan fingerprint density at radius 2 is 2.24 bits per heavy atom. The van der Waals surface area contributed by atoms with Crippen LogP contribution in [0.5, 0.6) is 0 Å². The van der Waals surface area contributed by atoms with Crippen molar-refractivity contribution in [3.8, 4) is 11.4 Å². The Kier molecular flexibility index (Phi) is 3.92. The number of aromatic nitrogens is 3. The van der Waals surface area contributed by atoms with Crippen molar-refractivity contribution in [3.63, 3.8) is 0 Å². The molecule has 0 saturated carbocycles. The topological polar surface area (TPSA) is 92.3 Å². The van der Waals surface area contributed by atoms with E-state index in [0.29, 0.717) is 31.1 Å². The summed E-state index contributed by atoms with van der Waals surface area (Å²) >= 11 is 0.